The van der Waals surface area contributed by atoms with Crippen LogP contribution in [0.5, 0.6) is 0 Å². The number of nitrogens with zero attached hydrogens (tertiary/aromatic N) is 2. The number of para-hydroxylation sites is 3. The van der Waals surface area contributed by atoms with Gasteiger partial charge in [0.2, 0.25) is 0 Å². The van der Waals surface area contributed by atoms with Crippen LogP contribution >= 0.6 is 0 Å². The third-order valence-corrected chi connectivity index (χ3v) is 6.19. The minimum Gasteiger partial charge on any atom is -0.311 e. The van der Waals surface area contributed by atoms with Gasteiger partial charge in [-0.25, -0.2) is 0 Å². The summed E-state index contributed by atoms with van der Waals surface area (Å²) in [4.78, 5) is 15.8. The predicted octanol–water partition coefficient (Wildman–Crippen LogP) is 7.61. The zero-order chi connectivity index (χ0) is 22.9. The van der Waals surface area contributed by atoms with E-state index in [0.29, 0.717) is 0 Å². The van der Waals surface area contributed by atoms with E-state index in [-0.39, 0.29) is 5.56 Å². The van der Waals surface area contributed by atoms with Gasteiger partial charge in [-0.2, -0.15) is 0 Å². The fraction of sp³-hybridized carbons (Fsp3) is 0. The van der Waals surface area contributed by atoms with Crippen molar-refractivity contribution < 1.29 is 0 Å². The molecule has 0 saturated heterocycles. The highest BCUT2D eigenvalue weighted by Crippen LogP contribution is 2.34. The average molecular weight is 439 g/mol. The highest BCUT2D eigenvalue weighted by atomic mass is 16.1. The number of anilines is 3. The summed E-state index contributed by atoms with van der Waals surface area (Å²) in [6, 6.07) is 44.7. The lowest BCUT2D eigenvalue weighted by molar-refractivity contribution is 1.06. The summed E-state index contributed by atoms with van der Waals surface area (Å²) in [5.41, 5.74) is 4.92. The first-order valence-corrected chi connectivity index (χ1v) is 11.3. The van der Waals surface area contributed by atoms with Gasteiger partial charge in [-0.15, -0.1) is 0 Å². The van der Waals surface area contributed by atoms with Crippen LogP contribution in [0.15, 0.2) is 138 Å². The van der Waals surface area contributed by atoms with Gasteiger partial charge in [0.25, 0.3) is 5.56 Å². The van der Waals surface area contributed by atoms with Crippen molar-refractivity contribution in [2.24, 2.45) is 0 Å². The molecule has 0 saturated carbocycles. The van der Waals surface area contributed by atoms with Crippen LogP contribution in [-0.4, -0.2) is 4.57 Å². The molecule has 1 heterocycles. The van der Waals surface area contributed by atoms with Crippen molar-refractivity contribution in [1.82, 2.24) is 4.57 Å². The van der Waals surface area contributed by atoms with Crippen molar-refractivity contribution >= 4 is 38.7 Å². The lowest BCUT2D eigenvalue weighted by Crippen LogP contribution is -2.19. The molecular weight excluding hydrogens is 416 g/mol. The van der Waals surface area contributed by atoms with Gasteiger partial charge < -0.3 is 4.90 Å². The smallest absolute Gasteiger partial charge is 0.263 e. The molecule has 3 nitrogen and oxygen atoms in total. The van der Waals surface area contributed by atoms with Crippen LogP contribution in [0.1, 0.15) is 0 Å². The largest absolute Gasteiger partial charge is 0.311 e. The quantitative estimate of drug-likeness (QED) is 0.265. The van der Waals surface area contributed by atoms with E-state index < -0.39 is 0 Å². The maximum atomic E-state index is 13.6. The van der Waals surface area contributed by atoms with Crippen molar-refractivity contribution in [2.45, 2.75) is 0 Å². The Labute approximate surface area is 197 Å². The Bertz CT molecular complexity index is 1610. The highest BCUT2D eigenvalue weighted by Gasteiger charge is 2.14. The van der Waals surface area contributed by atoms with Gasteiger partial charge in [-0.05, 0) is 66.0 Å². The maximum absolute atomic E-state index is 13.6. The van der Waals surface area contributed by atoms with E-state index in [1.54, 1.807) is 0 Å². The number of aromatic nitrogens is 1. The third kappa shape index (κ3) is 3.35. The Morgan fingerprint density at radius 1 is 0.441 bits per heavy atom. The molecule has 0 aliphatic rings. The normalized spacial score (nSPS) is 11.1. The molecule has 5 aromatic carbocycles. The number of fused-ring (bicyclic) bond motifs is 3. The Morgan fingerprint density at radius 3 is 1.53 bits per heavy atom. The monoisotopic (exact) mass is 438 g/mol. The van der Waals surface area contributed by atoms with E-state index in [4.69, 9.17) is 0 Å². The molecule has 0 fully saturated rings. The second-order valence-corrected chi connectivity index (χ2v) is 8.23. The van der Waals surface area contributed by atoms with Gasteiger partial charge in [0, 0.05) is 33.5 Å². The molecule has 0 atom stereocenters. The Kier molecular flexibility index (Phi) is 4.93. The van der Waals surface area contributed by atoms with Gasteiger partial charge in [-0.1, -0.05) is 72.8 Å². The number of hydrogen-bond donors (Lipinski definition) is 0. The Balaban J connectivity index is 1.53. The molecule has 0 radical (unpaired) electrons. The van der Waals surface area contributed by atoms with E-state index >= 15 is 0 Å². The zero-order valence-corrected chi connectivity index (χ0v) is 18.5. The van der Waals surface area contributed by atoms with E-state index in [9.17, 15) is 4.79 Å². The molecule has 34 heavy (non-hydrogen) atoms. The van der Waals surface area contributed by atoms with Gasteiger partial charge >= 0.3 is 0 Å². The molecule has 6 aromatic rings. The maximum Gasteiger partial charge on any atom is 0.263 e. The van der Waals surface area contributed by atoms with Crippen molar-refractivity contribution in [1.29, 1.82) is 0 Å². The van der Waals surface area contributed by atoms with Crippen molar-refractivity contribution in [2.75, 3.05) is 4.90 Å². The van der Waals surface area contributed by atoms with Crippen LogP contribution in [-0.2, 0) is 0 Å². The molecule has 3 heteroatoms. The van der Waals surface area contributed by atoms with Crippen LogP contribution in [0.4, 0.5) is 17.1 Å². The van der Waals surface area contributed by atoms with Crippen LogP contribution in [0.25, 0.3) is 27.4 Å². The van der Waals surface area contributed by atoms with E-state index in [2.05, 4.69) is 47.4 Å². The van der Waals surface area contributed by atoms with E-state index in [0.717, 1.165) is 44.4 Å². The second-order valence-electron chi connectivity index (χ2n) is 8.23. The average Bonchev–Trinajstić information content (AvgIpc) is 2.91. The first kappa shape index (κ1) is 20.0. The number of benzene rings is 5. The molecule has 0 N–H and O–H groups in total. The van der Waals surface area contributed by atoms with Crippen LogP contribution in [0, 0.1) is 0 Å². The third-order valence-electron chi connectivity index (χ3n) is 6.19. The van der Waals surface area contributed by atoms with Gasteiger partial charge in [0.15, 0.2) is 0 Å². The van der Waals surface area contributed by atoms with Gasteiger partial charge in [-0.3, -0.25) is 9.36 Å². The molecule has 0 spiro atoms. The fourth-order valence-electron chi connectivity index (χ4n) is 4.64. The standard InChI is InChI=1S/C31H22N2O/c34-31-29-17-8-7-15-27(29)28-16-9-10-18-30(28)33(31)26-21-19-25(20-22-26)32(23-11-3-1-4-12-23)24-13-5-2-6-14-24/h1-22H. The fourth-order valence-corrected chi connectivity index (χ4v) is 4.64. The van der Waals surface area contributed by atoms with Crippen molar-refractivity contribution in [3.05, 3.63) is 144 Å². The molecule has 0 amide bonds. The lowest BCUT2D eigenvalue weighted by Gasteiger charge is -2.25. The van der Waals surface area contributed by atoms with Gasteiger partial charge in [0.05, 0.1) is 5.52 Å². The Morgan fingerprint density at radius 2 is 0.912 bits per heavy atom. The molecule has 6 rings (SSSR count). The summed E-state index contributed by atoms with van der Waals surface area (Å²) in [5, 5.41) is 2.77. The summed E-state index contributed by atoms with van der Waals surface area (Å²) in [6.45, 7) is 0. The number of pyridine rings is 1. The van der Waals surface area contributed by atoms with Crippen LogP contribution in [0.3, 0.4) is 0 Å². The molecule has 0 unspecified atom stereocenters. The van der Waals surface area contributed by atoms with Crippen molar-refractivity contribution in [3.63, 3.8) is 0 Å². The summed E-state index contributed by atoms with van der Waals surface area (Å²) in [6.07, 6.45) is 0. The zero-order valence-electron chi connectivity index (χ0n) is 18.5. The van der Waals surface area contributed by atoms with Gasteiger partial charge in [0.1, 0.15) is 0 Å². The molecule has 0 aliphatic carbocycles. The molecule has 1 aromatic heterocycles. The topological polar surface area (TPSA) is 25.2 Å². The molecule has 162 valence electrons. The summed E-state index contributed by atoms with van der Waals surface area (Å²) in [5.74, 6) is 0. The first-order chi connectivity index (χ1) is 16.8. The van der Waals surface area contributed by atoms with Crippen molar-refractivity contribution in [3.8, 4) is 5.69 Å². The first-order valence-electron chi connectivity index (χ1n) is 11.3. The lowest BCUT2D eigenvalue weighted by atomic mass is 10.1. The van der Waals surface area contributed by atoms with E-state index in [1.807, 2.05) is 95.6 Å². The van der Waals surface area contributed by atoms with Crippen LogP contribution in [0.2, 0.25) is 0 Å². The number of rotatable bonds is 4. The minimum absolute atomic E-state index is 0.00924. The molecular formula is C31H22N2O. The summed E-state index contributed by atoms with van der Waals surface area (Å²) >= 11 is 0. The highest BCUT2D eigenvalue weighted by molar-refractivity contribution is 6.06. The SMILES string of the molecule is O=c1c2ccccc2c2ccccc2n1-c1ccc(N(c2ccccc2)c2ccccc2)cc1. The second kappa shape index (κ2) is 8.38. The summed E-state index contributed by atoms with van der Waals surface area (Å²) < 4.78 is 1.82. The Hall–Kier alpha value is -4.63. The number of hydrogen-bond acceptors (Lipinski definition) is 2. The van der Waals surface area contributed by atoms with E-state index in [1.165, 1.54) is 0 Å². The molecule has 0 bridgehead atoms. The predicted molar refractivity (Wildman–Crippen MR) is 142 cm³/mol. The summed E-state index contributed by atoms with van der Waals surface area (Å²) in [7, 11) is 0. The van der Waals surface area contributed by atoms with Crippen LogP contribution < -0.4 is 10.5 Å². The minimum atomic E-state index is -0.00924. The molecule has 0 aliphatic heterocycles.